The van der Waals surface area contributed by atoms with E-state index in [0.717, 1.165) is 32.9 Å². The molecule has 0 fully saturated rings. The molecule has 0 bridgehead atoms. The molecule has 0 heterocycles. The van der Waals surface area contributed by atoms with Gasteiger partial charge in [0.15, 0.2) is 0 Å². The quantitative estimate of drug-likeness (QED) is 0.427. The number of benzene rings is 3. The third-order valence-electron chi connectivity index (χ3n) is 3.91. The molecule has 3 rings (SSSR count). The number of halogens is 1. The molecule has 3 aromatic rings. The van der Waals surface area contributed by atoms with Gasteiger partial charge in [0.2, 0.25) is 0 Å². The molecule has 0 aliphatic heterocycles. The Morgan fingerprint density at radius 1 is 0.833 bits per heavy atom. The average Bonchev–Trinajstić information content (AvgIpc) is 2.55. The van der Waals surface area contributed by atoms with Gasteiger partial charge in [-0.3, -0.25) is 0 Å². The number of hydrogen-bond acceptors (Lipinski definition) is 2. The zero-order valence-electron chi connectivity index (χ0n) is 13.6. The van der Waals surface area contributed by atoms with Gasteiger partial charge in [0.1, 0.15) is 0 Å². The second-order valence-electron chi connectivity index (χ2n) is 5.83. The van der Waals surface area contributed by atoms with Gasteiger partial charge in [-0.15, -0.1) is 0 Å². The van der Waals surface area contributed by atoms with Crippen LogP contribution in [0, 0.1) is 13.8 Å². The number of hydrogen-bond donors (Lipinski definition) is 1. The van der Waals surface area contributed by atoms with Gasteiger partial charge in [-0.2, -0.15) is 0 Å². The topological polar surface area (TPSA) is 12.0 Å². The summed E-state index contributed by atoms with van der Waals surface area (Å²) >= 11 is 12.1. The van der Waals surface area contributed by atoms with Crippen molar-refractivity contribution in [1.82, 2.24) is 0 Å². The first-order chi connectivity index (χ1) is 11.5. The van der Waals surface area contributed by atoms with Crippen LogP contribution in [-0.4, -0.2) is 4.86 Å². The lowest BCUT2D eigenvalue weighted by molar-refractivity contribution is 1.44. The SMILES string of the molecule is Cc1cccc(Nc2ccc(C(=S)c3ccccc3C)c(Cl)c2)c1. The second-order valence-corrected chi connectivity index (χ2v) is 6.65. The van der Waals surface area contributed by atoms with Crippen LogP contribution < -0.4 is 5.32 Å². The molecule has 0 amide bonds. The molecule has 0 aromatic heterocycles. The first-order valence-electron chi connectivity index (χ1n) is 7.78. The average molecular weight is 352 g/mol. The van der Waals surface area contributed by atoms with Crippen LogP contribution in [0.15, 0.2) is 66.7 Å². The molecule has 1 nitrogen and oxygen atoms in total. The smallest absolute Gasteiger partial charge is 0.0539 e. The summed E-state index contributed by atoms with van der Waals surface area (Å²) in [6.45, 7) is 4.13. The lowest BCUT2D eigenvalue weighted by Gasteiger charge is -2.12. The summed E-state index contributed by atoms with van der Waals surface area (Å²) < 4.78 is 0. The molecule has 0 aliphatic rings. The predicted octanol–water partition coefficient (Wildman–Crippen LogP) is 6.47. The molecular formula is C21H18ClNS. The van der Waals surface area contributed by atoms with Crippen LogP contribution in [0.1, 0.15) is 22.3 Å². The highest BCUT2D eigenvalue weighted by Gasteiger charge is 2.11. The van der Waals surface area contributed by atoms with Crippen molar-refractivity contribution in [2.45, 2.75) is 13.8 Å². The zero-order chi connectivity index (χ0) is 17.1. The number of rotatable bonds is 4. The maximum Gasteiger partial charge on any atom is 0.0539 e. The van der Waals surface area contributed by atoms with Gasteiger partial charge in [-0.1, -0.05) is 60.2 Å². The van der Waals surface area contributed by atoms with E-state index < -0.39 is 0 Å². The molecule has 0 aliphatic carbocycles. The summed E-state index contributed by atoms with van der Waals surface area (Å²) in [5, 5.41) is 4.03. The normalized spacial score (nSPS) is 10.5. The van der Waals surface area contributed by atoms with E-state index in [1.807, 2.05) is 48.5 Å². The van der Waals surface area contributed by atoms with Gasteiger partial charge in [0, 0.05) is 16.9 Å². The molecule has 0 saturated heterocycles. The van der Waals surface area contributed by atoms with Gasteiger partial charge in [0.05, 0.1) is 9.89 Å². The van der Waals surface area contributed by atoms with E-state index in [1.54, 1.807) is 0 Å². The standard InChI is InChI=1S/C21H18ClNS/c1-14-6-5-8-16(12-14)23-17-10-11-19(20(22)13-17)21(24)18-9-4-3-7-15(18)2/h3-13,23H,1-2H3. The summed E-state index contributed by atoms with van der Waals surface area (Å²) in [7, 11) is 0. The second kappa shape index (κ2) is 7.16. The molecule has 0 spiro atoms. The lowest BCUT2D eigenvalue weighted by Crippen LogP contribution is -2.03. The summed E-state index contributed by atoms with van der Waals surface area (Å²) in [4.78, 5) is 0.778. The maximum absolute atomic E-state index is 6.50. The van der Waals surface area contributed by atoms with Crippen LogP contribution in [0.5, 0.6) is 0 Å². The third-order valence-corrected chi connectivity index (χ3v) is 4.66. The highest BCUT2D eigenvalue weighted by atomic mass is 35.5. The summed E-state index contributed by atoms with van der Waals surface area (Å²) in [6, 6.07) is 22.2. The number of aryl methyl sites for hydroxylation is 2. The molecule has 3 heteroatoms. The minimum absolute atomic E-state index is 0.654. The van der Waals surface area contributed by atoms with Gasteiger partial charge in [-0.25, -0.2) is 0 Å². The zero-order valence-corrected chi connectivity index (χ0v) is 15.2. The molecule has 0 unspecified atom stereocenters. The van der Waals surface area contributed by atoms with Crippen molar-refractivity contribution in [2.24, 2.45) is 0 Å². The van der Waals surface area contributed by atoms with Crippen molar-refractivity contribution in [1.29, 1.82) is 0 Å². The summed E-state index contributed by atoms with van der Waals surface area (Å²) in [5.74, 6) is 0. The Balaban J connectivity index is 1.87. The lowest BCUT2D eigenvalue weighted by atomic mass is 10.00. The van der Waals surface area contributed by atoms with Crippen LogP contribution >= 0.6 is 23.8 Å². The number of nitrogens with one attached hydrogen (secondary N) is 1. The summed E-state index contributed by atoms with van der Waals surface area (Å²) in [5.41, 5.74) is 6.29. The van der Waals surface area contributed by atoms with E-state index in [9.17, 15) is 0 Å². The molecule has 120 valence electrons. The fourth-order valence-corrected chi connectivity index (χ4v) is 3.38. The maximum atomic E-state index is 6.50. The Labute approximate surface area is 153 Å². The number of thiocarbonyl (C=S) groups is 1. The van der Waals surface area contributed by atoms with Crippen molar-refractivity contribution in [3.8, 4) is 0 Å². The van der Waals surface area contributed by atoms with Crippen LogP contribution in [0.4, 0.5) is 11.4 Å². The number of anilines is 2. The fraction of sp³-hybridized carbons (Fsp3) is 0.0952. The van der Waals surface area contributed by atoms with Gasteiger partial charge in [-0.05, 0) is 60.9 Å². The molecule has 24 heavy (non-hydrogen) atoms. The molecule has 3 aromatic carbocycles. The molecule has 0 atom stereocenters. The Morgan fingerprint density at radius 2 is 1.58 bits per heavy atom. The minimum Gasteiger partial charge on any atom is -0.355 e. The molecule has 0 saturated carbocycles. The van der Waals surface area contributed by atoms with Gasteiger partial charge < -0.3 is 5.32 Å². The van der Waals surface area contributed by atoms with E-state index in [2.05, 4.69) is 37.4 Å². The highest BCUT2D eigenvalue weighted by Crippen LogP contribution is 2.27. The highest BCUT2D eigenvalue weighted by molar-refractivity contribution is 7.81. The minimum atomic E-state index is 0.654. The van der Waals surface area contributed by atoms with Gasteiger partial charge >= 0.3 is 0 Å². The van der Waals surface area contributed by atoms with E-state index in [4.69, 9.17) is 23.8 Å². The summed E-state index contributed by atoms with van der Waals surface area (Å²) in [6.07, 6.45) is 0. The van der Waals surface area contributed by atoms with Crippen molar-refractivity contribution in [3.05, 3.63) is 94.0 Å². The molecule has 0 radical (unpaired) electrons. The Bertz CT molecular complexity index is 902. The largest absolute Gasteiger partial charge is 0.355 e. The Hall–Kier alpha value is -2.16. The van der Waals surface area contributed by atoms with Gasteiger partial charge in [0.25, 0.3) is 0 Å². The van der Waals surface area contributed by atoms with E-state index >= 15 is 0 Å². The van der Waals surface area contributed by atoms with Crippen molar-refractivity contribution in [3.63, 3.8) is 0 Å². The van der Waals surface area contributed by atoms with Crippen molar-refractivity contribution >= 4 is 40.1 Å². The van der Waals surface area contributed by atoms with E-state index in [-0.39, 0.29) is 0 Å². The third kappa shape index (κ3) is 3.66. The molecular weight excluding hydrogens is 334 g/mol. The predicted molar refractivity (Wildman–Crippen MR) is 108 cm³/mol. The van der Waals surface area contributed by atoms with Crippen LogP contribution in [0.3, 0.4) is 0 Å². The Kier molecular flexibility index (Phi) is 4.98. The van der Waals surface area contributed by atoms with Crippen LogP contribution in [-0.2, 0) is 0 Å². The monoisotopic (exact) mass is 351 g/mol. The molecule has 1 N–H and O–H groups in total. The van der Waals surface area contributed by atoms with Crippen molar-refractivity contribution in [2.75, 3.05) is 5.32 Å². The van der Waals surface area contributed by atoms with E-state index in [0.29, 0.717) is 5.02 Å². The first kappa shape index (κ1) is 16.7. The first-order valence-corrected chi connectivity index (χ1v) is 8.57. The van der Waals surface area contributed by atoms with Crippen molar-refractivity contribution < 1.29 is 0 Å². The van der Waals surface area contributed by atoms with Crippen LogP contribution in [0.2, 0.25) is 5.02 Å². The van der Waals surface area contributed by atoms with Crippen LogP contribution in [0.25, 0.3) is 0 Å². The fourth-order valence-electron chi connectivity index (χ4n) is 2.64. The van der Waals surface area contributed by atoms with E-state index in [1.165, 1.54) is 5.56 Å². The Morgan fingerprint density at radius 3 is 2.29 bits per heavy atom.